The summed E-state index contributed by atoms with van der Waals surface area (Å²) >= 11 is 0. The Morgan fingerprint density at radius 2 is 1.31 bits per heavy atom. The first-order valence-electron chi connectivity index (χ1n) is 20.6. The average Bonchev–Trinajstić information content (AvgIpc) is 3.87. The summed E-state index contributed by atoms with van der Waals surface area (Å²) in [6.07, 6.45) is -3.34. The van der Waals surface area contributed by atoms with Gasteiger partial charge in [-0.15, -0.1) is 0 Å². The lowest BCUT2D eigenvalue weighted by molar-refractivity contribution is -0.293. The highest BCUT2D eigenvalue weighted by atomic mass is 19.4. The molecule has 8 unspecified atom stereocenters. The summed E-state index contributed by atoms with van der Waals surface area (Å²) in [5.74, 6) is -4.30. The van der Waals surface area contributed by atoms with Gasteiger partial charge < -0.3 is 14.2 Å². The van der Waals surface area contributed by atoms with Crippen LogP contribution in [-0.2, 0) is 23.9 Å². The molecular weight excluding hydrogens is 762 g/mol. The Hall–Kier alpha value is -3.83. The fourth-order valence-electron chi connectivity index (χ4n) is 13.2. The van der Waals surface area contributed by atoms with Gasteiger partial charge in [-0.05, 0) is 173 Å². The molecule has 0 N–H and O–H groups in total. The van der Waals surface area contributed by atoms with Crippen molar-refractivity contribution in [3.63, 3.8) is 0 Å². The molecule has 0 aromatic heterocycles. The minimum Gasteiger partial charge on any atom is -0.464 e. The highest BCUT2D eigenvalue weighted by Crippen LogP contribution is 2.80. The van der Waals surface area contributed by atoms with Crippen molar-refractivity contribution < 1.29 is 54.9 Å². The van der Waals surface area contributed by atoms with Crippen LogP contribution in [-0.4, -0.2) is 43.0 Å². The fraction of sp³-hybridized carbons (Fsp3) is 0.630. The molecule has 5 fully saturated rings. The Kier molecular flexibility index (Phi) is 9.59. The molecule has 314 valence electrons. The monoisotopic (exact) mass is 814 g/mol. The van der Waals surface area contributed by atoms with Crippen LogP contribution in [0, 0.1) is 56.7 Å². The third-order valence-corrected chi connectivity index (χ3v) is 15.1. The number of benzene rings is 3. The summed E-state index contributed by atoms with van der Waals surface area (Å²) in [5.41, 5.74) is -4.22. The maximum Gasteiger partial charge on any atom is 0.403 e. The number of carbonyl (C=O) groups is 3. The maximum atomic E-state index is 14.7. The number of esters is 3. The molecule has 2 spiro atoms. The van der Waals surface area contributed by atoms with E-state index in [0.717, 1.165) is 47.2 Å². The average molecular weight is 815 g/mol. The second kappa shape index (κ2) is 13.6. The highest BCUT2D eigenvalue weighted by Gasteiger charge is 2.75. The van der Waals surface area contributed by atoms with Crippen LogP contribution in [0.1, 0.15) is 98.8 Å². The van der Waals surface area contributed by atoms with Crippen LogP contribution in [0.5, 0.6) is 5.75 Å². The maximum absolute atomic E-state index is 14.7. The third kappa shape index (κ3) is 6.95. The third-order valence-electron chi connectivity index (χ3n) is 15.1. The highest BCUT2D eigenvalue weighted by molar-refractivity contribution is 5.99. The molecule has 6 nitrogen and oxygen atoms in total. The Labute approximate surface area is 334 Å². The van der Waals surface area contributed by atoms with E-state index in [1.165, 1.54) is 39.5 Å². The van der Waals surface area contributed by atoms with Gasteiger partial charge in [-0.3, -0.25) is 14.4 Å². The van der Waals surface area contributed by atoms with Gasteiger partial charge in [-0.2, -0.15) is 26.3 Å². The lowest BCUT2D eigenvalue weighted by atomic mass is 9.52. The molecule has 5 aliphatic rings. The van der Waals surface area contributed by atoms with Crippen LogP contribution < -0.4 is 4.74 Å². The topological polar surface area (TPSA) is 78.9 Å². The van der Waals surface area contributed by atoms with E-state index in [4.69, 9.17) is 14.2 Å². The van der Waals surface area contributed by atoms with Crippen LogP contribution >= 0.6 is 0 Å². The van der Waals surface area contributed by atoms with Gasteiger partial charge in [-0.25, -0.2) is 0 Å². The van der Waals surface area contributed by atoms with Gasteiger partial charge in [-0.1, -0.05) is 36.8 Å². The predicted octanol–water partition coefficient (Wildman–Crippen LogP) is 11.6. The number of carbonyl (C=O) groups excluding carboxylic acids is 3. The molecule has 3 aromatic carbocycles. The summed E-state index contributed by atoms with van der Waals surface area (Å²) in [5, 5.41) is 3.86. The van der Waals surface area contributed by atoms with Gasteiger partial charge in [0.25, 0.3) is 0 Å². The second-order valence-electron chi connectivity index (χ2n) is 20.2. The Morgan fingerprint density at radius 1 is 0.707 bits per heavy atom. The number of ether oxygens (including phenoxy) is 3. The molecule has 8 rings (SSSR count). The van der Waals surface area contributed by atoms with Gasteiger partial charge in [0.05, 0.1) is 16.2 Å². The quantitative estimate of drug-likeness (QED) is 0.0830. The molecule has 0 heterocycles. The lowest BCUT2D eigenvalue weighted by Gasteiger charge is -2.53. The summed E-state index contributed by atoms with van der Waals surface area (Å²) in [6, 6.07) is 17.2. The molecule has 4 bridgehead atoms. The normalized spacial score (nSPS) is 30.1. The van der Waals surface area contributed by atoms with E-state index in [9.17, 15) is 40.7 Å². The SMILES string of the molecule is CC(C)(CC(C)(CC(C)(C)C(=O)Oc1ccc2cc3ccccc3cc2c1)C(=O)OC1CC23CCCC45CCC(C4)C(C1C2)C53)C(=O)OCC(C(F)(F)F)C(F)(F)F. The van der Waals surface area contributed by atoms with E-state index < -0.39 is 59.0 Å². The number of halogens is 6. The zero-order valence-electron chi connectivity index (χ0n) is 33.7. The summed E-state index contributed by atoms with van der Waals surface area (Å²) in [6.45, 7) is 5.45. The Bertz CT molecular complexity index is 2130. The summed E-state index contributed by atoms with van der Waals surface area (Å²) in [7, 11) is 0. The van der Waals surface area contributed by atoms with Crippen molar-refractivity contribution in [1.29, 1.82) is 0 Å². The van der Waals surface area contributed by atoms with Gasteiger partial charge in [0, 0.05) is 0 Å². The molecule has 58 heavy (non-hydrogen) atoms. The number of hydrogen-bond acceptors (Lipinski definition) is 6. The van der Waals surface area contributed by atoms with Gasteiger partial charge in [0.15, 0.2) is 5.92 Å². The number of rotatable bonds is 11. The molecule has 0 amide bonds. The van der Waals surface area contributed by atoms with Gasteiger partial charge >= 0.3 is 30.3 Å². The van der Waals surface area contributed by atoms with Crippen LogP contribution in [0.4, 0.5) is 26.3 Å². The van der Waals surface area contributed by atoms with Crippen LogP contribution in [0.15, 0.2) is 54.6 Å². The molecular formula is C46H52F6O6. The van der Waals surface area contributed by atoms with Crippen molar-refractivity contribution in [3.8, 4) is 5.75 Å². The van der Waals surface area contributed by atoms with E-state index in [1.54, 1.807) is 32.9 Å². The van der Waals surface area contributed by atoms with Crippen LogP contribution in [0.25, 0.3) is 21.5 Å². The fourth-order valence-corrected chi connectivity index (χ4v) is 13.2. The molecule has 0 radical (unpaired) electrons. The van der Waals surface area contributed by atoms with Crippen molar-refractivity contribution in [2.45, 2.75) is 117 Å². The second-order valence-corrected chi connectivity index (χ2v) is 20.2. The minimum atomic E-state index is -5.69. The number of hydrogen-bond donors (Lipinski definition) is 0. The molecule has 3 aromatic rings. The molecule has 8 atom stereocenters. The van der Waals surface area contributed by atoms with E-state index in [1.807, 2.05) is 42.5 Å². The first-order valence-corrected chi connectivity index (χ1v) is 20.6. The Balaban J connectivity index is 1.04. The van der Waals surface area contributed by atoms with Crippen molar-refractivity contribution >= 4 is 39.5 Å². The zero-order chi connectivity index (χ0) is 41.8. The van der Waals surface area contributed by atoms with Crippen molar-refractivity contribution in [2.75, 3.05) is 6.61 Å². The van der Waals surface area contributed by atoms with Gasteiger partial charge in [0.1, 0.15) is 18.5 Å². The van der Waals surface area contributed by atoms with Crippen LogP contribution in [0.2, 0.25) is 0 Å². The van der Waals surface area contributed by atoms with Crippen LogP contribution in [0.3, 0.4) is 0 Å². The largest absolute Gasteiger partial charge is 0.464 e. The smallest absolute Gasteiger partial charge is 0.403 e. The first kappa shape index (κ1) is 40.9. The zero-order valence-corrected chi connectivity index (χ0v) is 33.7. The molecule has 5 saturated carbocycles. The summed E-state index contributed by atoms with van der Waals surface area (Å²) in [4.78, 5) is 42.2. The van der Waals surface area contributed by atoms with E-state index in [2.05, 4.69) is 0 Å². The van der Waals surface area contributed by atoms with E-state index in [0.29, 0.717) is 23.2 Å². The molecule has 5 aliphatic carbocycles. The van der Waals surface area contributed by atoms with E-state index >= 15 is 0 Å². The molecule has 12 heteroatoms. The first-order chi connectivity index (χ1) is 27.0. The molecule has 0 aliphatic heterocycles. The molecule has 0 saturated heterocycles. The number of alkyl halides is 6. The van der Waals surface area contributed by atoms with Crippen molar-refractivity contribution in [1.82, 2.24) is 0 Å². The van der Waals surface area contributed by atoms with Crippen molar-refractivity contribution in [3.05, 3.63) is 54.6 Å². The Morgan fingerprint density at radius 3 is 1.97 bits per heavy atom. The van der Waals surface area contributed by atoms with Gasteiger partial charge in [0.2, 0.25) is 0 Å². The number of fused-ring (bicyclic) bond motifs is 6. The standard InChI is InChI=1S/C46H52F6O6/c1-40(2,37(53)56-23-34(45(47,48)49)46(50,51)52)24-42(5,39(55)58-33-22-44-15-8-14-43-16-13-29(20-43)35(36(43)44)32(33)21-44)25-41(3,4)38(54)57-31-12-11-28-17-26-9-6-7-10-27(26)18-30(28)19-31/h6-7,9-12,17-19,29,32-36H,8,13-16,20-25H2,1-5H3. The lowest BCUT2D eigenvalue weighted by Crippen LogP contribution is -2.49. The predicted molar refractivity (Wildman–Crippen MR) is 204 cm³/mol. The minimum absolute atomic E-state index is 0.121. The summed E-state index contributed by atoms with van der Waals surface area (Å²) < 4.78 is 97.3. The van der Waals surface area contributed by atoms with E-state index in [-0.39, 0.29) is 36.0 Å². The van der Waals surface area contributed by atoms with Crippen molar-refractivity contribution in [2.24, 2.45) is 56.7 Å².